The number of unbranched alkanes of at least 4 members (excludes halogenated alkanes) is 1. The van der Waals surface area contributed by atoms with Crippen LogP contribution in [0.3, 0.4) is 0 Å². The Morgan fingerprint density at radius 3 is 2.17 bits per heavy atom. The molecule has 0 unspecified atom stereocenters. The number of rotatable bonds is 8. The second-order valence-corrected chi connectivity index (χ2v) is 5.18. The number of hydrogen-bond donors (Lipinski definition) is 0. The first-order chi connectivity index (χ1) is 11.2. The summed E-state index contributed by atoms with van der Waals surface area (Å²) < 4.78 is 15.8. The van der Waals surface area contributed by atoms with E-state index in [-0.39, 0.29) is 5.97 Å². The first-order valence-electron chi connectivity index (χ1n) is 7.67. The summed E-state index contributed by atoms with van der Waals surface area (Å²) in [5, 5.41) is 0. The van der Waals surface area contributed by atoms with Crippen LogP contribution >= 0.6 is 0 Å². The minimum atomic E-state index is -0.270. The van der Waals surface area contributed by atoms with E-state index < -0.39 is 0 Å². The number of carbonyl (C=O) groups excluding carboxylic acids is 1. The van der Waals surface area contributed by atoms with Crippen molar-refractivity contribution in [3.8, 4) is 11.5 Å². The van der Waals surface area contributed by atoms with Gasteiger partial charge in [0.15, 0.2) is 0 Å². The van der Waals surface area contributed by atoms with Crippen LogP contribution in [0.1, 0.15) is 28.8 Å². The predicted octanol–water partition coefficient (Wildman–Crippen LogP) is 3.88. The SMILES string of the molecule is COc1cc(CCCCOC(=O)c2ccccc2)cc(OC)c1. The second kappa shape index (κ2) is 8.83. The lowest BCUT2D eigenvalue weighted by Crippen LogP contribution is -2.06. The van der Waals surface area contributed by atoms with Crippen molar-refractivity contribution in [2.45, 2.75) is 19.3 Å². The van der Waals surface area contributed by atoms with Crippen molar-refractivity contribution in [2.75, 3.05) is 20.8 Å². The summed E-state index contributed by atoms with van der Waals surface area (Å²) in [6, 6.07) is 14.9. The first kappa shape index (κ1) is 16.9. The Bertz CT molecular complexity index is 600. The Hall–Kier alpha value is -2.49. The van der Waals surface area contributed by atoms with E-state index in [0.717, 1.165) is 36.3 Å². The summed E-state index contributed by atoms with van der Waals surface area (Å²) in [5.41, 5.74) is 1.74. The zero-order valence-electron chi connectivity index (χ0n) is 13.6. The van der Waals surface area contributed by atoms with Crippen molar-refractivity contribution in [1.82, 2.24) is 0 Å². The molecule has 0 atom stereocenters. The van der Waals surface area contributed by atoms with Crippen molar-refractivity contribution in [2.24, 2.45) is 0 Å². The van der Waals surface area contributed by atoms with E-state index >= 15 is 0 Å². The van der Waals surface area contributed by atoms with Crippen LogP contribution in [0.2, 0.25) is 0 Å². The Labute approximate surface area is 137 Å². The van der Waals surface area contributed by atoms with Crippen molar-refractivity contribution < 1.29 is 19.0 Å². The van der Waals surface area contributed by atoms with Crippen molar-refractivity contribution in [1.29, 1.82) is 0 Å². The smallest absolute Gasteiger partial charge is 0.338 e. The Morgan fingerprint density at radius 2 is 1.57 bits per heavy atom. The topological polar surface area (TPSA) is 44.8 Å². The van der Waals surface area contributed by atoms with Crippen molar-refractivity contribution in [3.05, 3.63) is 59.7 Å². The molecule has 2 rings (SSSR count). The summed E-state index contributed by atoms with van der Waals surface area (Å²) in [6.45, 7) is 0.425. The van der Waals surface area contributed by atoms with Crippen molar-refractivity contribution >= 4 is 5.97 Å². The molecule has 0 aromatic heterocycles. The highest BCUT2D eigenvalue weighted by Crippen LogP contribution is 2.23. The molecule has 0 spiro atoms. The van der Waals surface area contributed by atoms with Crippen LogP contribution in [0.5, 0.6) is 11.5 Å². The molecule has 4 nitrogen and oxygen atoms in total. The maximum atomic E-state index is 11.8. The third-order valence-corrected chi connectivity index (χ3v) is 3.51. The van der Waals surface area contributed by atoms with Gasteiger partial charge in [0.2, 0.25) is 0 Å². The second-order valence-electron chi connectivity index (χ2n) is 5.18. The summed E-state index contributed by atoms with van der Waals surface area (Å²) in [7, 11) is 3.28. The monoisotopic (exact) mass is 314 g/mol. The maximum Gasteiger partial charge on any atom is 0.338 e. The number of methoxy groups -OCH3 is 2. The lowest BCUT2D eigenvalue weighted by atomic mass is 10.1. The van der Waals surface area contributed by atoms with Gasteiger partial charge in [0.1, 0.15) is 11.5 Å². The zero-order valence-corrected chi connectivity index (χ0v) is 13.6. The lowest BCUT2D eigenvalue weighted by molar-refractivity contribution is 0.0498. The number of aryl methyl sites for hydroxylation is 1. The van der Waals surface area contributed by atoms with E-state index in [0.29, 0.717) is 12.2 Å². The molecule has 122 valence electrons. The number of carbonyl (C=O) groups is 1. The first-order valence-corrected chi connectivity index (χ1v) is 7.67. The molecule has 0 heterocycles. The largest absolute Gasteiger partial charge is 0.497 e. The number of benzene rings is 2. The molecular weight excluding hydrogens is 292 g/mol. The summed E-state index contributed by atoms with van der Waals surface area (Å²) in [6.07, 6.45) is 2.63. The molecule has 2 aromatic rings. The van der Waals surface area contributed by atoms with Gasteiger partial charge >= 0.3 is 5.97 Å². The number of hydrogen-bond acceptors (Lipinski definition) is 4. The van der Waals surface area contributed by atoms with Crippen molar-refractivity contribution in [3.63, 3.8) is 0 Å². The molecule has 0 bridgehead atoms. The van der Waals surface area contributed by atoms with Crippen LogP contribution in [-0.4, -0.2) is 26.8 Å². The van der Waals surface area contributed by atoms with Gasteiger partial charge in [-0.15, -0.1) is 0 Å². The molecule has 0 saturated carbocycles. The van der Waals surface area contributed by atoms with Gasteiger partial charge in [-0.1, -0.05) is 18.2 Å². The Kier molecular flexibility index (Phi) is 6.48. The van der Waals surface area contributed by atoms with E-state index in [1.165, 1.54) is 0 Å². The van der Waals surface area contributed by atoms with Gasteiger partial charge in [0.05, 0.1) is 26.4 Å². The summed E-state index contributed by atoms with van der Waals surface area (Å²) in [4.78, 5) is 11.8. The molecule has 0 saturated heterocycles. The molecule has 0 aliphatic carbocycles. The van der Waals surface area contributed by atoms with Gasteiger partial charge in [-0.25, -0.2) is 4.79 Å². The predicted molar refractivity (Wildman–Crippen MR) is 89.2 cm³/mol. The minimum absolute atomic E-state index is 0.270. The van der Waals surface area contributed by atoms with E-state index in [1.54, 1.807) is 26.4 Å². The van der Waals surface area contributed by atoms with Gasteiger partial charge < -0.3 is 14.2 Å². The zero-order chi connectivity index (χ0) is 16.5. The van der Waals surface area contributed by atoms with Crippen LogP contribution < -0.4 is 9.47 Å². The number of ether oxygens (including phenoxy) is 3. The molecule has 2 aromatic carbocycles. The fourth-order valence-electron chi connectivity index (χ4n) is 2.26. The third kappa shape index (κ3) is 5.33. The quantitative estimate of drug-likeness (QED) is 0.548. The maximum absolute atomic E-state index is 11.8. The third-order valence-electron chi connectivity index (χ3n) is 3.51. The Balaban J connectivity index is 1.74. The van der Waals surface area contributed by atoms with Crippen LogP contribution in [-0.2, 0) is 11.2 Å². The normalized spacial score (nSPS) is 10.2. The molecule has 0 aliphatic heterocycles. The van der Waals surface area contributed by atoms with Crippen LogP contribution in [0.4, 0.5) is 0 Å². The molecule has 0 amide bonds. The van der Waals surface area contributed by atoms with Crippen LogP contribution in [0.15, 0.2) is 48.5 Å². The fraction of sp³-hybridized carbons (Fsp3) is 0.316. The summed E-state index contributed by atoms with van der Waals surface area (Å²) in [5.74, 6) is 1.30. The van der Waals surface area contributed by atoms with Gasteiger partial charge in [0.25, 0.3) is 0 Å². The average molecular weight is 314 g/mol. The fourth-order valence-corrected chi connectivity index (χ4v) is 2.26. The van der Waals surface area contributed by atoms with Gasteiger partial charge in [-0.3, -0.25) is 0 Å². The lowest BCUT2D eigenvalue weighted by Gasteiger charge is -2.09. The average Bonchev–Trinajstić information content (AvgIpc) is 2.61. The molecule has 0 aliphatic rings. The van der Waals surface area contributed by atoms with E-state index in [1.807, 2.05) is 36.4 Å². The minimum Gasteiger partial charge on any atom is -0.497 e. The van der Waals surface area contributed by atoms with Crippen LogP contribution in [0.25, 0.3) is 0 Å². The van der Waals surface area contributed by atoms with Crippen LogP contribution in [0, 0.1) is 0 Å². The highest BCUT2D eigenvalue weighted by molar-refractivity contribution is 5.89. The standard InChI is InChI=1S/C19H22O4/c1-21-17-12-15(13-18(14-17)22-2)8-6-7-11-23-19(20)16-9-4-3-5-10-16/h3-5,9-10,12-14H,6-8,11H2,1-2H3. The molecule has 4 heteroatoms. The van der Waals surface area contributed by atoms with E-state index in [9.17, 15) is 4.79 Å². The highest BCUT2D eigenvalue weighted by Gasteiger charge is 2.06. The highest BCUT2D eigenvalue weighted by atomic mass is 16.5. The van der Waals surface area contributed by atoms with Gasteiger partial charge in [0, 0.05) is 6.07 Å². The molecule has 23 heavy (non-hydrogen) atoms. The molecule has 0 fully saturated rings. The molecular formula is C19H22O4. The Morgan fingerprint density at radius 1 is 0.913 bits per heavy atom. The molecule has 0 radical (unpaired) electrons. The van der Waals surface area contributed by atoms with Gasteiger partial charge in [-0.05, 0) is 49.1 Å². The summed E-state index contributed by atoms with van der Waals surface area (Å²) >= 11 is 0. The number of esters is 1. The van der Waals surface area contributed by atoms with E-state index in [2.05, 4.69) is 0 Å². The molecule has 0 N–H and O–H groups in total. The van der Waals surface area contributed by atoms with E-state index in [4.69, 9.17) is 14.2 Å². The van der Waals surface area contributed by atoms with Gasteiger partial charge in [-0.2, -0.15) is 0 Å².